The van der Waals surface area contributed by atoms with E-state index in [1.54, 1.807) is 24.3 Å². The summed E-state index contributed by atoms with van der Waals surface area (Å²) in [6.45, 7) is 0. The van der Waals surface area contributed by atoms with Gasteiger partial charge in [0.1, 0.15) is 11.6 Å². The van der Waals surface area contributed by atoms with Gasteiger partial charge in [-0.25, -0.2) is 4.79 Å². The number of hydrogen-bond donors (Lipinski definition) is 3. The number of carboxylic acids is 1. The SMILES string of the molecule is N#Cc1c(-c2ccc(-c3ccc(C(=O)O)cc3)cc2)[nH]c(=S)[nH]c1=O. The summed E-state index contributed by atoms with van der Waals surface area (Å²) in [6, 6.07) is 15.6. The molecular weight excluding hydrogens is 338 g/mol. The van der Waals surface area contributed by atoms with Gasteiger partial charge in [-0.1, -0.05) is 36.4 Å². The fraction of sp³-hybridized carbons (Fsp3) is 0. The van der Waals surface area contributed by atoms with Crippen molar-refractivity contribution in [2.45, 2.75) is 0 Å². The summed E-state index contributed by atoms with van der Waals surface area (Å²) in [7, 11) is 0. The van der Waals surface area contributed by atoms with E-state index >= 15 is 0 Å². The monoisotopic (exact) mass is 349 g/mol. The van der Waals surface area contributed by atoms with E-state index in [9.17, 15) is 14.9 Å². The molecule has 1 aromatic heterocycles. The number of aromatic nitrogens is 2. The van der Waals surface area contributed by atoms with Crippen molar-refractivity contribution >= 4 is 18.2 Å². The predicted molar refractivity (Wildman–Crippen MR) is 94.8 cm³/mol. The third kappa shape index (κ3) is 3.24. The van der Waals surface area contributed by atoms with Gasteiger partial charge in [-0.2, -0.15) is 5.26 Å². The van der Waals surface area contributed by atoms with Crippen molar-refractivity contribution in [3.8, 4) is 28.5 Å². The first-order chi connectivity index (χ1) is 12.0. The Balaban J connectivity index is 2.01. The molecule has 3 rings (SSSR count). The molecule has 6 nitrogen and oxygen atoms in total. The number of aromatic amines is 2. The van der Waals surface area contributed by atoms with Gasteiger partial charge in [-0.15, -0.1) is 0 Å². The van der Waals surface area contributed by atoms with E-state index in [1.165, 1.54) is 12.1 Å². The topological polar surface area (TPSA) is 110 Å². The van der Waals surface area contributed by atoms with Crippen molar-refractivity contribution in [1.29, 1.82) is 5.26 Å². The highest BCUT2D eigenvalue weighted by atomic mass is 32.1. The maximum absolute atomic E-state index is 11.8. The normalized spacial score (nSPS) is 10.2. The van der Waals surface area contributed by atoms with Crippen LogP contribution in [0.15, 0.2) is 53.3 Å². The molecule has 0 aliphatic carbocycles. The van der Waals surface area contributed by atoms with Gasteiger partial charge in [0.25, 0.3) is 5.56 Å². The first-order valence-corrected chi connectivity index (χ1v) is 7.61. The van der Waals surface area contributed by atoms with E-state index in [4.69, 9.17) is 17.3 Å². The predicted octanol–water partition coefficient (Wildman–Crippen LogP) is 3.34. The van der Waals surface area contributed by atoms with Gasteiger partial charge < -0.3 is 10.1 Å². The highest BCUT2D eigenvalue weighted by Gasteiger charge is 2.10. The van der Waals surface area contributed by atoms with Gasteiger partial charge in [-0.05, 0) is 41.0 Å². The Kier molecular flexibility index (Phi) is 4.29. The summed E-state index contributed by atoms with van der Waals surface area (Å²) < 4.78 is 0.146. The maximum atomic E-state index is 11.8. The molecule has 122 valence electrons. The lowest BCUT2D eigenvalue weighted by Gasteiger charge is -2.06. The van der Waals surface area contributed by atoms with Crippen LogP contribution in [-0.2, 0) is 0 Å². The second-order valence-corrected chi connectivity index (χ2v) is 5.64. The Morgan fingerprint density at radius 2 is 1.48 bits per heavy atom. The molecule has 0 aliphatic heterocycles. The first-order valence-electron chi connectivity index (χ1n) is 7.20. The molecule has 0 unspecified atom stereocenters. The lowest BCUT2D eigenvalue weighted by atomic mass is 10.0. The van der Waals surface area contributed by atoms with E-state index in [2.05, 4.69) is 9.97 Å². The minimum Gasteiger partial charge on any atom is -0.478 e. The molecule has 0 saturated carbocycles. The van der Waals surface area contributed by atoms with E-state index < -0.39 is 11.5 Å². The van der Waals surface area contributed by atoms with Gasteiger partial charge in [0.15, 0.2) is 4.77 Å². The standard InChI is InChI=1S/C18H11N3O3S/c19-9-14-15(20-18(25)21-16(14)22)12-5-1-10(2-6-12)11-3-7-13(8-4-11)17(23)24/h1-8H,(H,23,24)(H2,20,21,22,25). The average Bonchev–Trinajstić information content (AvgIpc) is 2.61. The van der Waals surface area contributed by atoms with E-state index in [-0.39, 0.29) is 15.9 Å². The lowest BCUT2D eigenvalue weighted by molar-refractivity contribution is 0.0697. The third-order valence-electron chi connectivity index (χ3n) is 3.69. The molecule has 0 aliphatic rings. The van der Waals surface area contributed by atoms with Crippen LogP contribution in [0, 0.1) is 16.1 Å². The number of benzene rings is 2. The molecule has 0 fully saturated rings. The van der Waals surface area contributed by atoms with Crippen molar-refractivity contribution in [2.24, 2.45) is 0 Å². The fourth-order valence-corrected chi connectivity index (χ4v) is 2.64. The molecule has 0 radical (unpaired) electrons. The summed E-state index contributed by atoms with van der Waals surface area (Å²) in [5.41, 5.74) is 2.40. The number of aromatic carboxylic acids is 1. The Labute approximate surface area is 147 Å². The summed E-state index contributed by atoms with van der Waals surface area (Å²) >= 11 is 4.96. The van der Waals surface area contributed by atoms with Crippen LogP contribution in [0.2, 0.25) is 0 Å². The van der Waals surface area contributed by atoms with Crippen molar-refractivity contribution in [1.82, 2.24) is 9.97 Å². The van der Waals surface area contributed by atoms with Crippen LogP contribution in [-0.4, -0.2) is 21.0 Å². The largest absolute Gasteiger partial charge is 0.478 e. The van der Waals surface area contributed by atoms with E-state index in [1.807, 2.05) is 18.2 Å². The van der Waals surface area contributed by atoms with Crippen LogP contribution >= 0.6 is 12.2 Å². The quantitative estimate of drug-likeness (QED) is 0.628. The Morgan fingerprint density at radius 3 is 2.00 bits per heavy atom. The highest BCUT2D eigenvalue weighted by Crippen LogP contribution is 2.25. The van der Waals surface area contributed by atoms with Gasteiger partial charge in [-0.3, -0.25) is 9.78 Å². The Morgan fingerprint density at radius 1 is 0.960 bits per heavy atom. The summed E-state index contributed by atoms with van der Waals surface area (Å²) in [4.78, 5) is 27.9. The minimum atomic E-state index is -0.976. The maximum Gasteiger partial charge on any atom is 0.335 e. The molecular formula is C18H11N3O3S. The summed E-state index contributed by atoms with van der Waals surface area (Å²) in [5, 5.41) is 18.1. The lowest BCUT2D eigenvalue weighted by Crippen LogP contribution is -2.13. The summed E-state index contributed by atoms with van der Waals surface area (Å²) in [6.07, 6.45) is 0. The Bertz CT molecular complexity index is 1100. The van der Waals surface area contributed by atoms with Gasteiger partial charge in [0.05, 0.1) is 11.3 Å². The number of H-pyrrole nitrogens is 2. The number of hydrogen-bond acceptors (Lipinski definition) is 4. The average molecular weight is 349 g/mol. The molecule has 0 bridgehead atoms. The van der Waals surface area contributed by atoms with Crippen LogP contribution in [0.5, 0.6) is 0 Å². The van der Waals surface area contributed by atoms with Crippen LogP contribution in [0.1, 0.15) is 15.9 Å². The molecule has 0 amide bonds. The molecule has 0 atom stereocenters. The Hall–Kier alpha value is -3.50. The molecule has 3 N–H and O–H groups in total. The van der Waals surface area contributed by atoms with Crippen molar-refractivity contribution < 1.29 is 9.90 Å². The van der Waals surface area contributed by atoms with E-state index in [0.717, 1.165) is 11.1 Å². The van der Waals surface area contributed by atoms with Crippen LogP contribution < -0.4 is 5.56 Å². The number of nitriles is 1. The molecule has 1 heterocycles. The molecule has 0 spiro atoms. The minimum absolute atomic E-state index is 0.0350. The molecule has 0 saturated heterocycles. The van der Waals surface area contributed by atoms with Gasteiger partial charge >= 0.3 is 5.97 Å². The second-order valence-electron chi connectivity index (χ2n) is 5.23. The van der Waals surface area contributed by atoms with Crippen molar-refractivity contribution in [3.63, 3.8) is 0 Å². The summed E-state index contributed by atoms with van der Waals surface area (Å²) in [5.74, 6) is -0.976. The third-order valence-corrected chi connectivity index (χ3v) is 3.90. The van der Waals surface area contributed by atoms with Gasteiger partial charge in [0, 0.05) is 0 Å². The van der Waals surface area contributed by atoms with Crippen molar-refractivity contribution in [2.75, 3.05) is 0 Å². The fourth-order valence-electron chi connectivity index (χ4n) is 2.44. The number of carboxylic acid groups (broad SMARTS) is 1. The number of nitrogens with zero attached hydrogens (tertiary/aromatic N) is 1. The zero-order valence-electron chi connectivity index (χ0n) is 12.7. The highest BCUT2D eigenvalue weighted by molar-refractivity contribution is 7.71. The van der Waals surface area contributed by atoms with Crippen molar-refractivity contribution in [3.05, 3.63) is 74.8 Å². The second kappa shape index (κ2) is 6.55. The smallest absolute Gasteiger partial charge is 0.335 e. The zero-order chi connectivity index (χ0) is 18.0. The molecule has 2 aromatic carbocycles. The van der Waals surface area contributed by atoms with Crippen LogP contribution in [0.3, 0.4) is 0 Å². The van der Waals surface area contributed by atoms with Crippen LogP contribution in [0.25, 0.3) is 22.4 Å². The zero-order valence-corrected chi connectivity index (χ0v) is 13.6. The molecule has 3 aromatic rings. The first kappa shape index (κ1) is 16.4. The molecule has 25 heavy (non-hydrogen) atoms. The van der Waals surface area contributed by atoms with Gasteiger partial charge in [0.2, 0.25) is 0 Å². The number of nitrogens with one attached hydrogen (secondary N) is 2. The molecule has 7 heteroatoms. The van der Waals surface area contributed by atoms with E-state index in [0.29, 0.717) is 11.3 Å². The number of rotatable bonds is 3. The van der Waals surface area contributed by atoms with Crippen LogP contribution in [0.4, 0.5) is 0 Å². The number of carbonyl (C=O) groups is 1.